The molecule has 3 aromatic rings. The van der Waals surface area contributed by atoms with Gasteiger partial charge in [-0.25, -0.2) is 0 Å². The minimum absolute atomic E-state index is 0.104. The van der Waals surface area contributed by atoms with Crippen LogP contribution in [-0.2, 0) is 11.2 Å². The lowest BCUT2D eigenvalue weighted by molar-refractivity contribution is -0.129. The summed E-state index contributed by atoms with van der Waals surface area (Å²) in [4.78, 5) is 21.7. The maximum atomic E-state index is 12.8. The van der Waals surface area contributed by atoms with E-state index in [1.54, 1.807) is 18.3 Å². The summed E-state index contributed by atoms with van der Waals surface area (Å²) >= 11 is 0. The molecule has 1 amide bonds. The van der Waals surface area contributed by atoms with Crippen molar-refractivity contribution in [1.29, 1.82) is 5.26 Å². The Morgan fingerprint density at radius 3 is 2.60 bits per heavy atom. The number of nitriles is 1. The van der Waals surface area contributed by atoms with Crippen molar-refractivity contribution < 1.29 is 9.90 Å². The average Bonchev–Trinajstić information content (AvgIpc) is 3.67. The molecule has 1 aliphatic heterocycles. The number of rotatable bonds is 7. The van der Waals surface area contributed by atoms with Crippen LogP contribution < -0.4 is 0 Å². The van der Waals surface area contributed by atoms with E-state index < -0.39 is 6.10 Å². The lowest BCUT2D eigenvalue weighted by atomic mass is 10.1. The number of β-amino-alcohol motifs (C(OH)–C–C–N with tert-alkyl or cyclic N) is 1. The topological polar surface area (TPSA) is 85.4 Å². The minimum atomic E-state index is -0.656. The van der Waals surface area contributed by atoms with Crippen LogP contribution in [0.2, 0.25) is 0 Å². The van der Waals surface area contributed by atoms with Gasteiger partial charge in [0, 0.05) is 42.8 Å². The van der Waals surface area contributed by atoms with Gasteiger partial charge in [0.25, 0.3) is 0 Å². The van der Waals surface area contributed by atoms with E-state index in [0.717, 1.165) is 59.5 Å². The number of aliphatic hydroxyl groups is 1. The molecule has 1 aromatic carbocycles. The van der Waals surface area contributed by atoms with E-state index in [1.807, 2.05) is 37.1 Å². The summed E-state index contributed by atoms with van der Waals surface area (Å²) in [6, 6.07) is 12.0. The van der Waals surface area contributed by atoms with Gasteiger partial charge in [0.15, 0.2) is 0 Å². The average molecular weight is 472 g/mol. The number of hydrogen-bond donors (Lipinski definition) is 1. The van der Waals surface area contributed by atoms with Crippen molar-refractivity contribution in [2.75, 3.05) is 26.7 Å². The van der Waals surface area contributed by atoms with Crippen LogP contribution in [-0.4, -0.2) is 63.1 Å². The van der Waals surface area contributed by atoms with Gasteiger partial charge in [-0.2, -0.15) is 5.26 Å². The maximum absolute atomic E-state index is 12.8. The summed E-state index contributed by atoms with van der Waals surface area (Å²) in [7, 11) is 1.88. The van der Waals surface area contributed by atoms with E-state index in [9.17, 15) is 15.2 Å². The molecular formula is C28H33N5O2. The van der Waals surface area contributed by atoms with E-state index >= 15 is 0 Å². The number of likely N-dealkylation sites (tertiary alicyclic amines) is 1. The van der Waals surface area contributed by atoms with Gasteiger partial charge in [0.05, 0.1) is 35.2 Å². The Hall–Kier alpha value is -3.21. The highest BCUT2D eigenvalue weighted by molar-refractivity contribution is 5.86. The predicted octanol–water partition coefficient (Wildman–Crippen LogP) is 3.89. The molecule has 182 valence electrons. The van der Waals surface area contributed by atoms with E-state index in [2.05, 4.69) is 15.5 Å². The second kappa shape index (κ2) is 9.80. The molecule has 3 heterocycles. The highest BCUT2D eigenvalue weighted by Gasteiger charge is 2.30. The Balaban J connectivity index is 1.54. The zero-order chi connectivity index (χ0) is 24.5. The van der Waals surface area contributed by atoms with Gasteiger partial charge in [0.1, 0.15) is 0 Å². The van der Waals surface area contributed by atoms with Gasteiger partial charge in [0.2, 0.25) is 5.91 Å². The molecule has 2 fully saturated rings. The van der Waals surface area contributed by atoms with Crippen LogP contribution in [0.15, 0.2) is 36.5 Å². The Kier molecular flexibility index (Phi) is 6.59. The van der Waals surface area contributed by atoms with Crippen LogP contribution >= 0.6 is 0 Å². The van der Waals surface area contributed by atoms with Gasteiger partial charge in [-0.05, 0) is 81.6 Å². The normalized spacial score (nSPS) is 17.3. The van der Waals surface area contributed by atoms with Crippen LogP contribution in [0.4, 0.5) is 0 Å². The van der Waals surface area contributed by atoms with Crippen molar-refractivity contribution in [3.63, 3.8) is 0 Å². The molecular weight excluding hydrogens is 438 g/mol. The Labute approximate surface area is 206 Å². The third-order valence-corrected chi connectivity index (χ3v) is 7.46. The SMILES string of the molecule is Cc1c(C(O)CN2CCCCC2)c2ncc(CC(=O)N(C)C3CC3)cc2n1-c1ccc(C#N)cc1. The highest BCUT2D eigenvalue weighted by atomic mass is 16.3. The quantitative estimate of drug-likeness (QED) is 0.565. The Morgan fingerprint density at radius 1 is 1.23 bits per heavy atom. The number of carbonyl (C=O) groups is 1. The van der Waals surface area contributed by atoms with Crippen molar-refractivity contribution in [3.8, 4) is 11.8 Å². The summed E-state index contributed by atoms with van der Waals surface area (Å²) < 4.78 is 2.09. The van der Waals surface area contributed by atoms with Gasteiger partial charge in [-0.15, -0.1) is 0 Å². The molecule has 0 radical (unpaired) electrons. The zero-order valence-electron chi connectivity index (χ0n) is 20.6. The Bertz CT molecular complexity index is 1260. The number of aliphatic hydroxyl groups excluding tert-OH is 1. The van der Waals surface area contributed by atoms with Crippen LogP contribution in [0.5, 0.6) is 0 Å². The number of fused-ring (bicyclic) bond motifs is 1. The summed E-state index contributed by atoms with van der Waals surface area (Å²) in [5.41, 5.74) is 5.77. The maximum Gasteiger partial charge on any atom is 0.227 e. The second-order valence-electron chi connectivity index (χ2n) is 9.99. The first-order chi connectivity index (χ1) is 17.0. The number of pyridine rings is 1. The van der Waals surface area contributed by atoms with Crippen LogP contribution in [0.1, 0.15) is 60.6 Å². The molecule has 0 bridgehead atoms. The number of piperidine rings is 1. The molecule has 1 saturated heterocycles. The van der Waals surface area contributed by atoms with Crippen molar-refractivity contribution in [3.05, 3.63) is 58.9 Å². The first-order valence-corrected chi connectivity index (χ1v) is 12.6. The summed E-state index contributed by atoms with van der Waals surface area (Å²) in [6.45, 7) is 4.62. The van der Waals surface area contributed by atoms with Gasteiger partial charge < -0.3 is 19.5 Å². The molecule has 7 nitrogen and oxygen atoms in total. The minimum Gasteiger partial charge on any atom is -0.387 e. The molecule has 1 N–H and O–H groups in total. The third-order valence-electron chi connectivity index (χ3n) is 7.46. The number of nitrogens with zero attached hydrogens (tertiary/aromatic N) is 5. The van der Waals surface area contributed by atoms with Crippen molar-refractivity contribution in [2.24, 2.45) is 0 Å². The first kappa shape index (κ1) is 23.5. The van der Waals surface area contributed by atoms with E-state index in [4.69, 9.17) is 4.98 Å². The zero-order valence-corrected chi connectivity index (χ0v) is 20.6. The molecule has 0 spiro atoms. The first-order valence-electron chi connectivity index (χ1n) is 12.6. The molecule has 1 unspecified atom stereocenters. The standard InChI is InChI=1S/C28H33N5O2/c1-19-27(25(34)18-32-12-4-3-5-13-32)28-24(33(19)23-8-6-20(16-29)7-9-23)14-21(17-30-28)15-26(35)31(2)22-10-11-22/h6-9,14,17,22,25,34H,3-5,10-13,15,18H2,1-2H3. The van der Waals surface area contributed by atoms with Gasteiger partial charge in [-0.3, -0.25) is 9.78 Å². The van der Waals surface area contributed by atoms with Crippen LogP contribution in [0.3, 0.4) is 0 Å². The van der Waals surface area contributed by atoms with E-state index in [1.165, 1.54) is 19.3 Å². The molecule has 2 aromatic heterocycles. The molecule has 35 heavy (non-hydrogen) atoms. The van der Waals surface area contributed by atoms with Crippen molar-refractivity contribution in [1.82, 2.24) is 19.4 Å². The molecule has 2 aliphatic rings. The van der Waals surface area contributed by atoms with Gasteiger partial charge in [-0.1, -0.05) is 6.42 Å². The van der Waals surface area contributed by atoms with Crippen molar-refractivity contribution >= 4 is 16.9 Å². The summed E-state index contributed by atoms with van der Waals surface area (Å²) in [5, 5.41) is 20.6. The monoisotopic (exact) mass is 471 g/mol. The fourth-order valence-corrected chi connectivity index (χ4v) is 5.30. The lowest BCUT2D eigenvalue weighted by Gasteiger charge is -2.28. The van der Waals surface area contributed by atoms with Gasteiger partial charge >= 0.3 is 0 Å². The number of hydrogen-bond acceptors (Lipinski definition) is 5. The molecule has 1 atom stereocenters. The number of benzene rings is 1. The smallest absolute Gasteiger partial charge is 0.227 e. The van der Waals surface area contributed by atoms with E-state index in [-0.39, 0.29) is 5.91 Å². The second-order valence-corrected chi connectivity index (χ2v) is 9.99. The Morgan fingerprint density at radius 2 is 1.94 bits per heavy atom. The lowest BCUT2D eigenvalue weighted by Crippen LogP contribution is -2.33. The van der Waals surface area contributed by atoms with E-state index in [0.29, 0.717) is 24.6 Å². The van der Waals surface area contributed by atoms with Crippen molar-refractivity contribution in [2.45, 2.75) is 57.6 Å². The molecule has 1 saturated carbocycles. The molecule has 7 heteroatoms. The van der Waals surface area contributed by atoms with Crippen LogP contribution in [0.25, 0.3) is 16.7 Å². The summed E-state index contributed by atoms with van der Waals surface area (Å²) in [6.07, 6.45) is 7.18. The highest BCUT2D eigenvalue weighted by Crippen LogP contribution is 2.34. The summed E-state index contributed by atoms with van der Waals surface area (Å²) in [5.74, 6) is 0.104. The number of aromatic nitrogens is 2. The predicted molar refractivity (Wildman–Crippen MR) is 135 cm³/mol. The fraction of sp³-hybridized carbons (Fsp3) is 0.464. The van der Waals surface area contributed by atoms with Crippen LogP contribution in [0, 0.1) is 18.3 Å². The number of carbonyl (C=O) groups excluding carboxylic acids is 1. The fourth-order valence-electron chi connectivity index (χ4n) is 5.30. The largest absolute Gasteiger partial charge is 0.387 e. The number of amides is 1. The number of likely N-dealkylation sites (N-methyl/N-ethyl adjacent to an activating group) is 1. The third kappa shape index (κ3) is 4.82. The molecule has 1 aliphatic carbocycles. The molecule has 5 rings (SSSR count).